The summed E-state index contributed by atoms with van der Waals surface area (Å²) in [5.74, 6) is 0.107. The van der Waals surface area contributed by atoms with E-state index in [-0.39, 0.29) is 24.4 Å². The van der Waals surface area contributed by atoms with E-state index in [2.05, 4.69) is 15.4 Å². The Morgan fingerprint density at radius 3 is 3.00 bits per heavy atom. The Morgan fingerprint density at radius 1 is 1.62 bits per heavy atom. The maximum absolute atomic E-state index is 11.6. The van der Waals surface area contributed by atoms with Gasteiger partial charge in [0.2, 0.25) is 11.9 Å². The summed E-state index contributed by atoms with van der Waals surface area (Å²) in [7, 11) is 0. The zero-order valence-corrected chi connectivity index (χ0v) is 8.93. The normalized spacial score (nSPS) is 17.2. The molecule has 1 saturated heterocycles. The van der Waals surface area contributed by atoms with Crippen LogP contribution in [0.25, 0.3) is 0 Å². The summed E-state index contributed by atoms with van der Waals surface area (Å²) in [6, 6.07) is 0.210. The molecule has 7 heteroatoms. The Hall–Kier alpha value is -1.63. The average molecular weight is 225 g/mol. The van der Waals surface area contributed by atoms with Crippen LogP contribution in [0.2, 0.25) is 0 Å². The van der Waals surface area contributed by atoms with E-state index in [9.17, 15) is 4.79 Å². The van der Waals surface area contributed by atoms with E-state index < -0.39 is 0 Å². The number of rotatable bonds is 3. The highest BCUT2D eigenvalue weighted by molar-refractivity contribution is 5.75. The van der Waals surface area contributed by atoms with E-state index in [1.165, 1.54) is 11.0 Å². The molecule has 7 nitrogen and oxygen atoms in total. The van der Waals surface area contributed by atoms with E-state index >= 15 is 0 Å². The third-order valence-corrected chi connectivity index (χ3v) is 2.45. The van der Waals surface area contributed by atoms with Gasteiger partial charge in [-0.05, 0) is 12.8 Å². The number of nitrogens with one attached hydrogen (secondary N) is 1. The quantitative estimate of drug-likeness (QED) is 0.699. The van der Waals surface area contributed by atoms with Crippen molar-refractivity contribution in [1.29, 1.82) is 0 Å². The van der Waals surface area contributed by atoms with Crippen LogP contribution >= 0.6 is 0 Å². The highest BCUT2D eigenvalue weighted by atomic mass is 16.5. The summed E-state index contributed by atoms with van der Waals surface area (Å²) in [6.07, 6.45) is 3.18. The molecule has 0 aromatic carbocycles. The predicted molar refractivity (Wildman–Crippen MR) is 56.4 cm³/mol. The van der Waals surface area contributed by atoms with Crippen LogP contribution in [-0.4, -0.2) is 39.9 Å². The summed E-state index contributed by atoms with van der Waals surface area (Å²) in [5.41, 5.74) is 5.35. The van der Waals surface area contributed by atoms with Gasteiger partial charge < -0.3 is 15.8 Å². The zero-order valence-electron chi connectivity index (χ0n) is 8.93. The third kappa shape index (κ3) is 2.93. The fourth-order valence-corrected chi connectivity index (χ4v) is 1.65. The number of nitrogens with zero attached hydrogens (tertiary/aromatic N) is 3. The molecule has 0 radical (unpaired) electrons. The molecule has 16 heavy (non-hydrogen) atoms. The van der Waals surface area contributed by atoms with Crippen LogP contribution in [0.3, 0.4) is 0 Å². The largest absolute Gasteiger partial charge is 0.381 e. The van der Waals surface area contributed by atoms with Gasteiger partial charge >= 0.3 is 0 Å². The lowest BCUT2D eigenvalue weighted by atomic mass is 10.1. The van der Waals surface area contributed by atoms with Crippen LogP contribution in [0.5, 0.6) is 0 Å². The smallest absolute Gasteiger partial charge is 0.242 e. The number of carbonyl (C=O) groups is 1. The van der Waals surface area contributed by atoms with Gasteiger partial charge in [-0.15, -0.1) is 5.10 Å². The minimum Gasteiger partial charge on any atom is -0.381 e. The van der Waals surface area contributed by atoms with E-state index in [1.807, 2.05) is 0 Å². The number of hydrogen-bond donors (Lipinski definition) is 2. The molecule has 0 atom stereocenters. The molecule has 1 amide bonds. The first-order chi connectivity index (χ1) is 7.74. The fraction of sp³-hybridized carbons (Fsp3) is 0.667. The molecule has 1 aliphatic rings. The average Bonchev–Trinajstić information content (AvgIpc) is 2.65. The van der Waals surface area contributed by atoms with Crippen molar-refractivity contribution in [3.8, 4) is 0 Å². The van der Waals surface area contributed by atoms with Gasteiger partial charge in [0.15, 0.2) is 0 Å². The minimum atomic E-state index is -0.0724. The van der Waals surface area contributed by atoms with Crippen LogP contribution in [0.4, 0.5) is 5.95 Å². The van der Waals surface area contributed by atoms with E-state index in [0.29, 0.717) is 13.2 Å². The molecule has 0 saturated carbocycles. The Balaban J connectivity index is 1.79. The third-order valence-electron chi connectivity index (χ3n) is 2.45. The van der Waals surface area contributed by atoms with Gasteiger partial charge in [0.25, 0.3) is 0 Å². The van der Waals surface area contributed by atoms with Crippen molar-refractivity contribution in [3.05, 3.63) is 6.33 Å². The number of hydrogen-bond acceptors (Lipinski definition) is 5. The van der Waals surface area contributed by atoms with Crippen LogP contribution in [-0.2, 0) is 16.1 Å². The SMILES string of the molecule is Nc1ncn(CC(=O)NC2CCOCC2)n1. The first kappa shape index (κ1) is 10.9. The van der Waals surface area contributed by atoms with Crippen LogP contribution in [0, 0.1) is 0 Å². The van der Waals surface area contributed by atoms with E-state index in [1.54, 1.807) is 0 Å². The summed E-state index contributed by atoms with van der Waals surface area (Å²) < 4.78 is 6.63. The number of carbonyl (C=O) groups excluding carboxylic acids is 1. The molecule has 3 N–H and O–H groups in total. The van der Waals surface area contributed by atoms with Crippen LogP contribution in [0.1, 0.15) is 12.8 Å². The molecule has 0 unspecified atom stereocenters. The first-order valence-electron chi connectivity index (χ1n) is 5.26. The molecule has 2 rings (SSSR count). The second kappa shape index (κ2) is 4.93. The summed E-state index contributed by atoms with van der Waals surface area (Å²) in [5, 5.41) is 6.77. The van der Waals surface area contributed by atoms with Gasteiger partial charge in [0, 0.05) is 19.3 Å². The lowest BCUT2D eigenvalue weighted by Gasteiger charge is -2.22. The number of nitrogen functional groups attached to an aromatic ring is 1. The fourth-order valence-electron chi connectivity index (χ4n) is 1.65. The molecule has 0 bridgehead atoms. The molecule has 1 aromatic rings. The summed E-state index contributed by atoms with van der Waals surface area (Å²) in [4.78, 5) is 15.4. The van der Waals surface area contributed by atoms with Gasteiger partial charge in [0.1, 0.15) is 12.9 Å². The number of aromatic nitrogens is 3. The lowest BCUT2D eigenvalue weighted by molar-refractivity contribution is -0.123. The first-order valence-corrected chi connectivity index (χ1v) is 5.26. The molecule has 1 aromatic heterocycles. The maximum atomic E-state index is 11.6. The molecule has 0 aliphatic carbocycles. The second-order valence-corrected chi connectivity index (χ2v) is 3.75. The zero-order chi connectivity index (χ0) is 11.4. The van der Waals surface area contributed by atoms with Crippen molar-refractivity contribution in [2.24, 2.45) is 0 Å². The number of nitrogens with two attached hydrogens (primary N) is 1. The number of anilines is 1. The van der Waals surface area contributed by atoms with Crippen molar-refractivity contribution in [2.75, 3.05) is 18.9 Å². The van der Waals surface area contributed by atoms with E-state index in [0.717, 1.165) is 12.8 Å². The highest BCUT2D eigenvalue weighted by Gasteiger charge is 2.16. The molecule has 1 aliphatic heterocycles. The number of amides is 1. The molecule has 0 spiro atoms. The van der Waals surface area contributed by atoms with Crippen molar-refractivity contribution in [3.63, 3.8) is 0 Å². The summed E-state index contributed by atoms with van der Waals surface area (Å²) >= 11 is 0. The molecular formula is C9H15N5O2. The predicted octanol–water partition coefficient (Wildman–Crippen LogP) is -0.845. The summed E-state index contributed by atoms with van der Waals surface area (Å²) in [6.45, 7) is 1.57. The molecular weight excluding hydrogens is 210 g/mol. The van der Waals surface area contributed by atoms with Gasteiger partial charge in [-0.1, -0.05) is 0 Å². The number of ether oxygens (including phenoxy) is 1. The molecule has 2 heterocycles. The lowest BCUT2D eigenvalue weighted by Crippen LogP contribution is -2.40. The van der Waals surface area contributed by atoms with Gasteiger partial charge in [-0.3, -0.25) is 4.79 Å². The van der Waals surface area contributed by atoms with E-state index in [4.69, 9.17) is 10.5 Å². The van der Waals surface area contributed by atoms with Crippen molar-refractivity contribution < 1.29 is 9.53 Å². The van der Waals surface area contributed by atoms with Crippen LogP contribution < -0.4 is 11.1 Å². The monoisotopic (exact) mass is 225 g/mol. The maximum Gasteiger partial charge on any atom is 0.242 e. The minimum absolute atomic E-state index is 0.0724. The van der Waals surface area contributed by atoms with Gasteiger partial charge in [-0.2, -0.15) is 0 Å². The Kier molecular flexibility index (Phi) is 3.35. The molecule has 1 fully saturated rings. The van der Waals surface area contributed by atoms with Gasteiger partial charge in [-0.25, -0.2) is 9.67 Å². The second-order valence-electron chi connectivity index (χ2n) is 3.75. The Labute approximate surface area is 93.0 Å². The van der Waals surface area contributed by atoms with Crippen LogP contribution in [0.15, 0.2) is 6.33 Å². The molecule has 88 valence electrons. The standard InChI is InChI=1S/C9H15N5O2/c10-9-11-6-14(13-9)5-8(15)12-7-1-3-16-4-2-7/h6-7H,1-5H2,(H2,10,13)(H,12,15). The highest BCUT2D eigenvalue weighted by Crippen LogP contribution is 2.05. The topological polar surface area (TPSA) is 95.1 Å². The van der Waals surface area contributed by atoms with Crippen molar-refractivity contribution in [2.45, 2.75) is 25.4 Å². The van der Waals surface area contributed by atoms with Crippen molar-refractivity contribution in [1.82, 2.24) is 20.1 Å². The van der Waals surface area contributed by atoms with Gasteiger partial charge in [0.05, 0.1) is 0 Å². The van der Waals surface area contributed by atoms with Crippen molar-refractivity contribution >= 4 is 11.9 Å². The Bertz CT molecular complexity index is 359. The Morgan fingerprint density at radius 2 is 2.38 bits per heavy atom.